The van der Waals surface area contributed by atoms with Crippen molar-refractivity contribution in [2.24, 2.45) is 10.9 Å². The van der Waals surface area contributed by atoms with Gasteiger partial charge in [-0.3, -0.25) is 4.99 Å². The second kappa shape index (κ2) is 4.75. The van der Waals surface area contributed by atoms with Crippen LogP contribution in [-0.4, -0.2) is 6.54 Å². The molecule has 0 N–H and O–H groups in total. The van der Waals surface area contributed by atoms with Crippen LogP contribution in [-0.2, 0) is 0 Å². The number of rotatable bonds is 2. The molecule has 0 unspecified atom stereocenters. The van der Waals surface area contributed by atoms with Gasteiger partial charge in [0.05, 0.1) is 5.36 Å². The molecule has 98 valence electrons. The standard InChI is InChI=1S/C19H17N/c1-3-7-17-15(5-1)11-12-16-6-2-4-8-18(16)19(17)20-13-14-9-10-14/h1-8,11-12,14H,9-10,13H2. The van der Waals surface area contributed by atoms with Crippen LogP contribution >= 0.6 is 0 Å². The van der Waals surface area contributed by atoms with Gasteiger partial charge in [0.1, 0.15) is 0 Å². The smallest absolute Gasteiger partial charge is 0.0731 e. The number of fused-ring (bicyclic) bond motifs is 2. The largest absolute Gasteiger partial charge is 0.284 e. The van der Waals surface area contributed by atoms with Crippen LogP contribution in [0.4, 0.5) is 0 Å². The van der Waals surface area contributed by atoms with Crippen molar-refractivity contribution in [1.29, 1.82) is 0 Å². The van der Waals surface area contributed by atoms with Crippen LogP contribution in [0.25, 0.3) is 21.5 Å². The first kappa shape index (κ1) is 11.7. The summed E-state index contributed by atoms with van der Waals surface area (Å²) in [5.41, 5.74) is 0. The summed E-state index contributed by atoms with van der Waals surface area (Å²) in [7, 11) is 0. The highest BCUT2D eigenvalue weighted by atomic mass is 14.7. The minimum atomic E-state index is 0.818. The third-order valence-corrected chi connectivity index (χ3v) is 4.08. The second-order valence-electron chi connectivity index (χ2n) is 5.64. The van der Waals surface area contributed by atoms with E-state index in [1.807, 2.05) is 0 Å². The number of hydrogen-bond acceptors (Lipinski definition) is 1. The average molecular weight is 259 g/mol. The predicted molar refractivity (Wildman–Crippen MR) is 84.6 cm³/mol. The molecule has 3 aromatic carbocycles. The fourth-order valence-electron chi connectivity index (χ4n) is 2.73. The summed E-state index contributed by atoms with van der Waals surface area (Å²) in [5, 5.41) is 6.20. The Morgan fingerprint density at radius 1 is 0.750 bits per heavy atom. The van der Waals surface area contributed by atoms with Crippen molar-refractivity contribution in [2.75, 3.05) is 6.54 Å². The number of hydrogen-bond donors (Lipinski definition) is 0. The topological polar surface area (TPSA) is 12.4 Å². The first-order chi connectivity index (χ1) is 9.92. The van der Waals surface area contributed by atoms with Gasteiger partial charge in [-0.15, -0.1) is 0 Å². The fraction of sp³-hybridized carbons (Fsp3) is 0.211. The number of benzene rings is 2. The predicted octanol–water partition coefficient (Wildman–Crippen LogP) is 4.30. The third-order valence-electron chi connectivity index (χ3n) is 4.08. The maximum Gasteiger partial charge on any atom is 0.0731 e. The van der Waals surface area contributed by atoms with Crippen LogP contribution < -0.4 is 5.36 Å². The van der Waals surface area contributed by atoms with Gasteiger partial charge < -0.3 is 0 Å². The zero-order valence-electron chi connectivity index (χ0n) is 11.4. The van der Waals surface area contributed by atoms with Crippen molar-refractivity contribution in [3.63, 3.8) is 0 Å². The lowest BCUT2D eigenvalue weighted by Gasteiger charge is -1.97. The molecule has 0 radical (unpaired) electrons. The van der Waals surface area contributed by atoms with Gasteiger partial charge in [-0.2, -0.15) is 0 Å². The minimum Gasteiger partial charge on any atom is -0.284 e. The lowest BCUT2D eigenvalue weighted by atomic mass is 10.1. The summed E-state index contributed by atoms with van der Waals surface area (Å²) in [6.45, 7) is 0.970. The molecule has 1 aliphatic rings. The van der Waals surface area contributed by atoms with E-state index in [0.717, 1.165) is 17.8 Å². The minimum absolute atomic E-state index is 0.818. The average Bonchev–Trinajstić information content (AvgIpc) is 3.31. The monoisotopic (exact) mass is 259 g/mol. The third kappa shape index (κ3) is 2.09. The highest BCUT2D eigenvalue weighted by molar-refractivity contribution is 5.92. The van der Waals surface area contributed by atoms with Gasteiger partial charge in [-0.05, 0) is 29.5 Å². The summed E-state index contributed by atoms with van der Waals surface area (Å²) >= 11 is 0. The Hall–Kier alpha value is -2.15. The molecule has 0 saturated heterocycles. The zero-order chi connectivity index (χ0) is 13.4. The molecule has 4 rings (SSSR count). The quantitative estimate of drug-likeness (QED) is 0.650. The normalized spacial score (nSPS) is 14.6. The van der Waals surface area contributed by atoms with Crippen LogP contribution in [0.5, 0.6) is 0 Å². The van der Waals surface area contributed by atoms with Crippen molar-refractivity contribution in [3.8, 4) is 0 Å². The van der Waals surface area contributed by atoms with Gasteiger partial charge in [0.25, 0.3) is 0 Å². The van der Waals surface area contributed by atoms with Gasteiger partial charge >= 0.3 is 0 Å². The maximum atomic E-state index is 4.96. The first-order valence-corrected chi connectivity index (χ1v) is 7.33. The summed E-state index contributed by atoms with van der Waals surface area (Å²) in [6.07, 6.45) is 2.69. The summed E-state index contributed by atoms with van der Waals surface area (Å²) in [6, 6.07) is 21.5. The summed E-state index contributed by atoms with van der Waals surface area (Å²) < 4.78 is 0. The molecule has 1 nitrogen and oxygen atoms in total. The Bertz CT molecular complexity index is 783. The zero-order valence-corrected chi connectivity index (χ0v) is 11.4. The van der Waals surface area contributed by atoms with E-state index >= 15 is 0 Å². The highest BCUT2D eigenvalue weighted by Crippen LogP contribution is 2.28. The van der Waals surface area contributed by atoms with Gasteiger partial charge in [-0.1, -0.05) is 60.7 Å². The van der Waals surface area contributed by atoms with E-state index in [2.05, 4.69) is 60.7 Å². The van der Waals surface area contributed by atoms with Crippen molar-refractivity contribution >= 4 is 21.5 Å². The molecule has 0 atom stereocenters. The Morgan fingerprint density at radius 3 is 1.85 bits per heavy atom. The van der Waals surface area contributed by atoms with E-state index in [4.69, 9.17) is 4.99 Å². The molecule has 1 aliphatic carbocycles. The van der Waals surface area contributed by atoms with Gasteiger partial charge in [-0.25, -0.2) is 0 Å². The van der Waals surface area contributed by atoms with E-state index in [9.17, 15) is 0 Å². The molecule has 0 amide bonds. The SMILES string of the molecule is c1ccc2c(=NCC3CC3)c3ccccc3ccc2c1. The molecular formula is C19H17N. The van der Waals surface area contributed by atoms with Crippen molar-refractivity contribution in [3.05, 3.63) is 66.0 Å². The van der Waals surface area contributed by atoms with Crippen LogP contribution in [0, 0.1) is 5.92 Å². The fourth-order valence-corrected chi connectivity index (χ4v) is 2.73. The Kier molecular flexibility index (Phi) is 2.77. The van der Waals surface area contributed by atoms with Crippen molar-refractivity contribution in [1.82, 2.24) is 0 Å². The van der Waals surface area contributed by atoms with Gasteiger partial charge in [0.15, 0.2) is 0 Å². The molecule has 20 heavy (non-hydrogen) atoms. The van der Waals surface area contributed by atoms with Gasteiger partial charge in [0.2, 0.25) is 0 Å². The molecule has 0 heterocycles. The first-order valence-electron chi connectivity index (χ1n) is 7.33. The maximum absolute atomic E-state index is 4.96. The Balaban J connectivity index is 2.14. The van der Waals surface area contributed by atoms with E-state index in [-0.39, 0.29) is 0 Å². The Labute approximate surface area is 118 Å². The molecule has 0 bridgehead atoms. The van der Waals surface area contributed by atoms with Crippen LogP contribution in [0.2, 0.25) is 0 Å². The molecule has 0 aromatic heterocycles. The van der Waals surface area contributed by atoms with Crippen LogP contribution in [0.3, 0.4) is 0 Å². The van der Waals surface area contributed by atoms with E-state index in [1.165, 1.54) is 34.4 Å². The second-order valence-corrected chi connectivity index (χ2v) is 5.64. The van der Waals surface area contributed by atoms with E-state index in [1.54, 1.807) is 0 Å². The molecular weight excluding hydrogens is 242 g/mol. The Morgan fingerprint density at radius 2 is 1.30 bits per heavy atom. The van der Waals surface area contributed by atoms with Crippen LogP contribution in [0.15, 0.2) is 65.7 Å². The molecule has 1 fully saturated rings. The molecule has 3 aromatic rings. The molecule has 1 saturated carbocycles. The van der Waals surface area contributed by atoms with Gasteiger partial charge in [0, 0.05) is 17.3 Å². The van der Waals surface area contributed by atoms with Crippen LogP contribution in [0.1, 0.15) is 12.8 Å². The van der Waals surface area contributed by atoms with Crippen molar-refractivity contribution < 1.29 is 0 Å². The molecule has 1 heteroatoms. The lowest BCUT2D eigenvalue weighted by Crippen LogP contribution is -2.04. The van der Waals surface area contributed by atoms with E-state index < -0.39 is 0 Å². The molecule has 0 aliphatic heterocycles. The molecule has 0 spiro atoms. The van der Waals surface area contributed by atoms with Crippen molar-refractivity contribution in [2.45, 2.75) is 12.8 Å². The number of nitrogens with zero attached hydrogens (tertiary/aromatic N) is 1. The summed E-state index contributed by atoms with van der Waals surface area (Å²) in [5.74, 6) is 0.818. The van der Waals surface area contributed by atoms with E-state index in [0.29, 0.717) is 0 Å². The highest BCUT2D eigenvalue weighted by Gasteiger charge is 2.20. The lowest BCUT2D eigenvalue weighted by molar-refractivity contribution is 0.831. The summed E-state index contributed by atoms with van der Waals surface area (Å²) in [4.78, 5) is 4.96.